The molecule has 0 aliphatic rings. The molecular weight excluding hydrogens is 253 g/mol. The molecule has 0 saturated carbocycles. The first-order valence-electron chi connectivity index (χ1n) is 5.60. The van der Waals surface area contributed by atoms with Crippen molar-refractivity contribution < 1.29 is 9.50 Å². The van der Waals surface area contributed by atoms with Crippen LogP contribution < -0.4 is 0 Å². The highest BCUT2D eigenvalue weighted by atomic mass is 35.5. The number of benzene rings is 1. The van der Waals surface area contributed by atoms with Crippen LogP contribution in [0.15, 0.2) is 36.7 Å². The first kappa shape index (κ1) is 13.0. The molecule has 0 spiro atoms. The topological polar surface area (TPSA) is 33.1 Å². The lowest BCUT2D eigenvalue weighted by Crippen LogP contribution is -2.04. The molecule has 1 N–H and O–H groups in total. The molecule has 0 aliphatic carbocycles. The van der Waals surface area contributed by atoms with Gasteiger partial charge in [-0.05, 0) is 29.7 Å². The highest BCUT2D eigenvalue weighted by Gasteiger charge is 2.13. The van der Waals surface area contributed by atoms with Gasteiger partial charge in [-0.15, -0.1) is 0 Å². The first-order valence-corrected chi connectivity index (χ1v) is 5.98. The van der Waals surface area contributed by atoms with Gasteiger partial charge >= 0.3 is 0 Å². The molecule has 0 amide bonds. The lowest BCUT2D eigenvalue weighted by Gasteiger charge is -2.12. The number of nitrogens with zero attached hydrogens (tertiary/aromatic N) is 1. The van der Waals surface area contributed by atoms with Crippen LogP contribution in [-0.4, -0.2) is 10.1 Å². The molecule has 94 valence electrons. The fraction of sp³-hybridized carbons (Fsp3) is 0.214. The van der Waals surface area contributed by atoms with Gasteiger partial charge in [0, 0.05) is 18.8 Å². The summed E-state index contributed by atoms with van der Waals surface area (Å²) in [7, 11) is 0. The number of hydrogen-bond acceptors (Lipinski definition) is 2. The Morgan fingerprint density at radius 3 is 2.89 bits per heavy atom. The van der Waals surface area contributed by atoms with Gasteiger partial charge in [0.25, 0.3) is 0 Å². The molecule has 1 unspecified atom stereocenters. The Hall–Kier alpha value is -1.45. The molecule has 18 heavy (non-hydrogen) atoms. The average Bonchev–Trinajstić information content (AvgIpc) is 2.35. The molecule has 0 aliphatic heterocycles. The van der Waals surface area contributed by atoms with Gasteiger partial charge < -0.3 is 5.11 Å². The first-order chi connectivity index (χ1) is 8.58. The number of aromatic nitrogens is 1. The third-order valence-corrected chi connectivity index (χ3v) is 3.02. The van der Waals surface area contributed by atoms with Crippen molar-refractivity contribution >= 4 is 11.6 Å². The second-order valence-corrected chi connectivity index (χ2v) is 4.64. The van der Waals surface area contributed by atoms with Crippen molar-refractivity contribution in [3.8, 4) is 0 Å². The van der Waals surface area contributed by atoms with E-state index in [0.29, 0.717) is 11.1 Å². The van der Waals surface area contributed by atoms with Crippen molar-refractivity contribution in [1.29, 1.82) is 0 Å². The van der Waals surface area contributed by atoms with Crippen LogP contribution in [0.4, 0.5) is 4.39 Å². The molecule has 1 aromatic carbocycles. The molecule has 0 fully saturated rings. The Labute approximate surface area is 110 Å². The zero-order chi connectivity index (χ0) is 13.1. The SMILES string of the molecule is Cc1cncc(C(O)Cc2cccc(Cl)c2F)c1. The summed E-state index contributed by atoms with van der Waals surface area (Å²) in [4.78, 5) is 4.01. The van der Waals surface area contributed by atoms with Crippen molar-refractivity contribution in [3.63, 3.8) is 0 Å². The second kappa shape index (κ2) is 5.46. The monoisotopic (exact) mass is 265 g/mol. The van der Waals surface area contributed by atoms with Crippen LogP contribution in [0, 0.1) is 12.7 Å². The summed E-state index contributed by atoms with van der Waals surface area (Å²) in [6, 6.07) is 6.61. The Morgan fingerprint density at radius 1 is 1.39 bits per heavy atom. The van der Waals surface area contributed by atoms with Gasteiger partial charge in [-0.2, -0.15) is 0 Å². The van der Waals surface area contributed by atoms with Crippen molar-refractivity contribution in [3.05, 3.63) is 64.2 Å². The van der Waals surface area contributed by atoms with Crippen LogP contribution in [0.5, 0.6) is 0 Å². The highest BCUT2D eigenvalue weighted by Crippen LogP contribution is 2.23. The number of aliphatic hydroxyl groups is 1. The zero-order valence-electron chi connectivity index (χ0n) is 9.90. The van der Waals surface area contributed by atoms with Crippen LogP contribution in [0.1, 0.15) is 22.8 Å². The fourth-order valence-corrected chi connectivity index (χ4v) is 1.99. The molecule has 4 heteroatoms. The summed E-state index contributed by atoms with van der Waals surface area (Å²) >= 11 is 5.70. The molecule has 2 aromatic rings. The zero-order valence-corrected chi connectivity index (χ0v) is 10.7. The van der Waals surface area contributed by atoms with E-state index < -0.39 is 11.9 Å². The average molecular weight is 266 g/mol. The van der Waals surface area contributed by atoms with Gasteiger partial charge in [0.05, 0.1) is 11.1 Å². The molecule has 2 nitrogen and oxygen atoms in total. The van der Waals surface area contributed by atoms with E-state index in [4.69, 9.17) is 11.6 Å². The van der Waals surface area contributed by atoms with Gasteiger partial charge in [-0.3, -0.25) is 4.98 Å². The number of rotatable bonds is 3. The van der Waals surface area contributed by atoms with Crippen LogP contribution in [0.25, 0.3) is 0 Å². The maximum absolute atomic E-state index is 13.7. The standard InChI is InChI=1S/C14H13ClFNO/c1-9-5-11(8-17-7-9)13(18)6-10-3-2-4-12(15)14(10)16/h2-5,7-8,13,18H,6H2,1H3. The fourth-order valence-electron chi connectivity index (χ4n) is 1.79. The van der Waals surface area contributed by atoms with E-state index in [-0.39, 0.29) is 11.4 Å². The van der Waals surface area contributed by atoms with Gasteiger partial charge in [0.2, 0.25) is 0 Å². The Bertz CT molecular complexity index is 559. The summed E-state index contributed by atoms with van der Waals surface area (Å²) in [5.41, 5.74) is 2.03. The Kier molecular flexibility index (Phi) is 3.94. The largest absolute Gasteiger partial charge is 0.388 e. The van der Waals surface area contributed by atoms with Crippen molar-refractivity contribution in [1.82, 2.24) is 4.98 Å². The van der Waals surface area contributed by atoms with E-state index in [2.05, 4.69) is 4.98 Å². The maximum Gasteiger partial charge on any atom is 0.145 e. The number of pyridine rings is 1. The second-order valence-electron chi connectivity index (χ2n) is 4.23. The summed E-state index contributed by atoms with van der Waals surface area (Å²) < 4.78 is 13.7. The van der Waals surface area contributed by atoms with Crippen molar-refractivity contribution in [2.24, 2.45) is 0 Å². The molecule has 1 atom stereocenters. The van der Waals surface area contributed by atoms with Crippen molar-refractivity contribution in [2.75, 3.05) is 0 Å². The normalized spacial score (nSPS) is 12.4. The summed E-state index contributed by atoms with van der Waals surface area (Å²) in [6.45, 7) is 1.89. The minimum absolute atomic E-state index is 0.0714. The molecular formula is C14H13ClFNO. The predicted octanol–water partition coefficient (Wildman–Crippen LogP) is 3.46. The minimum Gasteiger partial charge on any atom is -0.388 e. The van der Waals surface area contributed by atoms with Crippen LogP contribution in [-0.2, 0) is 6.42 Å². The van der Waals surface area contributed by atoms with E-state index in [1.165, 1.54) is 6.07 Å². The molecule has 1 heterocycles. The van der Waals surface area contributed by atoms with E-state index in [0.717, 1.165) is 5.56 Å². The number of aliphatic hydroxyl groups excluding tert-OH is 1. The molecule has 1 aromatic heterocycles. The van der Waals surface area contributed by atoms with Gasteiger partial charge in [-0.25, -0.2) is 4.39 Å². The van der Waals surface area contributed by atoms with E-state index in [1.807, 2.05) is 13.0 Å². The highest BCUT2D eigenvalue weighted by molar-refractivity contribution is 6.30. The molecule has 0 radical (unpaired) electrons. The number of hydrogen-bond donors (Lipinski definition) is 1. The van der Waals surface area contributed by atoms with E-state index in [1.54, 1.807) is 24.5 Å². The smallest absolute Gasteiger partial charge is 0.145 e. The summed E-state index contributed by atoms with van der Waals surface area (Å²) in [6.07, 6.45) is 2.68. The predicted molar refractivity (Wildman–Crippen MR) is 69.0 cm³/mol. The Morgan fingerprint density at radius 2 is 2.17 bits per heavy atom. The lowest BCUT2D eigenvalue weighted by atomic mass is 10.0. The van der Waals surface area contributed by atoms with Crippen LogP contribution in [0.3, 0.4) is 0 Å². The quantitative estimate of drug-likeness (QED) is 0.922. The summed E-state index contributed by atoms with van der Waals surface area (Å²) in [5.74, 6) is -0.473. The van der Waals surface area contributed by atoms with Gasteiger partial charge in [-0.1, -0.05) is 29.8 Å². The summed E-state index contributed by atoms with van der Waals surface area (Å²) in [5, 5.41) is 10.1. The van der Waals surface area contributed by atoms with Crippen molar-refractivity contribution in [2.45, 2.75) is 19.4 Å². The number of aryl methyl sites for hydroxylation is 1. The van der Waals surface area contributed by atoms with E-state index >= 15 is 0 Å². The third kappa shape index (κ3) is 2.86. The van der Waals surface area contributed by atoms with Crippen LogP contribution >= 0.6 is 11.6 Å². The Balaban J connectivity index is 2.21. The lowest BCUT2D eigenvalue weighted by molar-refractivity contribution is 0.176. The minimum atomic E-state index is -0.787. The van der Waals surface area contributed by atoms with Gasteiger partial charge in [0.1, 0.15) is 5.82 Å². The van der Waals surface area contributed by atoms with Gasteiger partial charge in [0.15, 0.2) is 0 Å². The van der Waals surface area contributed by atoms with Crippen LogP contribution in [0.2, 0.25) is 5.02 Å². The molecule has 0 bridgehead atoms. The molecule has 0 saturated heterocycles. The van der Waals surface area contributed by atoms with E-state index in [9.17, 15) is 9.50 Å². The maximum atomic E-state index is 13.7. The molecule has 2 rings (SSSR count). The third-order valence-electron chi connectivity index (χ3n) is 2.73. The number of halogens is 2.